The molecule has 4 unspecified atom stereocenters. The monoisotopic (exact) mass is 270 g/mol. The summed E-state index contributed by atoms with van der Waals surface area (Å²) in [6, 6.07) is 2.32. The average molecular weight is 270 g/mol. The van der Waals surface area contributed by atoms with Gasteiger partial charge >= 0.3 is 0 Å². The Morgan fingerprint density at radius 3 is 1.63 bits per heavy atom. The van der Waals surface area contributed by atoms with Gasteiger partial charge < -0.3 is 20.0 Å². The summed E-state index contributed by atoms with van der Waals surface area (Å²) in [7, 11) is 6.73. The quantitative estimate of drug-likeness (QED) is 0.707. The first-order valence-corrected chi connectivity index (χ1v) is 7.65. The van der Waals surface area contributed by atoms with Crippen molar-refractivity contribution in [1.82, 2.24) is 20.0 Å². The highest BCUT2D eigenvalue weighted by molar-refractivity contribution is 4.80. The van der Waals surface area contributed by atoms with Crippen molar-refractivity contribution in [1.29, 1.82) is 0 Å². The normalized spacial score (nSPS) is 38.7. The van der Waals surface area contributed by atoms with Crippen molar-refractivity contribution in [3.63, 3.8) is 0 Å². The molecule has 1 aliphatic heterocycles. The Balaban J connectivity index is 2.71. The third-order valence-corrected chi connectivity index (χ3v) is 4.69. The van der Waals surface area contributed by atoms with E-state index in [4.69, 9.17) is 0 Å². The summed E-state index contributed by atoms with van der Waals surface area (Å²) in [4.78, 5) is 7.43. The second-order valence-corrected chi connectivity index (χ2v) is 6.68. The van der Waals surface area contributed by atoms with Crippen molar-refractivity contribution < 1.29 is 0 Å². The number of nitrogens with zero attached hydrogens (tertiary/aromatic N) is 3. The Labute approximate surface area is 120 Å². The Morgan fingerprint density at radius 2 is 1.11 bits per heavy atom. The lowest BCUT2D eigenvalue weighted by Crippen LogP contribution is -2.52. The van der Waals surface area contributed by atoms with Crippen molar-refractivity contribution in [2.75, 3.05) is 47.3 Å². The fraction of sp³-hybridized carbons (Fsp3) is 1.00. The van der Waals surface area contributed by atoms with Gasteiger partial charge in [-0.2, -0.15) is 0 Å². The summed E-state index contributed by atoms with van der Waals surface area (Å²) < 4.78 is 0. The molecule has 1 aliphatic rings. The molecule has 1 heterocycles. The first-order valence-electron chi connectivity index (χ1n) is 7.65. The van der Waals surface area contributed by atoms with Gasteiger partial charge in [0.1, 0.15) is 0 Å². The lowest BCUT2D eigenvalue weighted by Gasteiger charge is -2.37. The van der Waals surface area contributed by atoms with Crippen molar-refractivity contribution in [2.45, 2.75) is 51.9 Å². The molecule has 1 saturated heterocycles. The standard InChI is InChI=1S/C15H34N4/c1-12-9-17(5)14(3)11-19(7)15(4)10-18(6)13(2)8-16-12/h12-16H,8-11H2,1-7H3. The average Bonchev–Trinajstić information content (AvgIpc) is 2.34. The van der Waals surface area contributed by atoms with Crippen molar-refractivity contribution in [3.05, 3.63) is 0 Å². The Morgan fingerprint density at radius 1 is 0.684 bits per heavy atom. The van der Waals surface area contributed by atoms with Crippen LogP contribution in [0.2, 0.25) is 0 Å². The zero-order chi connectivity index (χ0) is 14.6. The predicted octanol–water partition coefficient (Wildman–Crippen LogP) is 0.939. The third kappa shape index (κ3) is 5.38. The molecule has 4 nitrogen and oxygen atoms in total. The molecule has 4 heteroatoms. The molecule has 0 aliphatic carbocycles. The fourth-order valence-electron chi connectivity index (χ4n) is 2.68. The highest BCUT2D eigenvalue weighted by Crippen LogP contribution is 2.07. The van der Waals surface area contributed by atoms with Crippen LogP contribution >= 0.6 is 0 Å². The molecule has 114 valence electrons. The second kappa shape index (κ2) is 7.58. The molecule has 0 aromatic carbocycles. The number of nitrogens with one attached hydrogen (secondary N) is 1. The summed E-state index contributed by atoms with van der Waals surface area (Å²) in [5, 5.41) is 3.66. The molecule has 1 N–H and O–H groups in total. The van der Waals surface area contributed by atoms with Crippen LogP contribution in [0.4, 0.5) is 0 Å². The summed E-state index contributed by atoms with van der Waals surface area (Å²) in [5.41, 5.74) is 0. The first kappa shape index (κ1) is 16.9. The molecule has 1 fully saturated rings. The predicted molar refractivity (Wildman–Crippen MR) is 83.7 cm³/mol. The van der Waals surface area contributed by atoms with E-state index in [1.54, 1.807) is 0 Å². The summed E-state index contributed by atoms with van der Waals surface area (Å²) in [5.74, 6) is 0. The van der Waals surface area contributed by atoms with E-state index < -0.39 is 0 Å². The minimum absolute atomic E-state index is 0.547. The van der Waals surface area contributed by atoms with E-state index in [1.807, 2.05) is 0 Å². The minimum Gasteiger partial charge on any atom is -0.311 e. The Kier molecular flexibility index (Phi) is 6.74. The van der Waals surface area contributed by atoms with Crippen LogP contribution in [0.3, 0.4) is 0 Å². The first-order chi connectivity index (χ1) is 8.81. The van der Waals surface area contributed by atoms with Gasteiger partial charge in [0.15, 0.2) is 0 Å². The molecule has 0 bridgehead atoms. The smallest absolute Gasteiger partial charge is 0.0192 e. The maximum absolute atomic E-state index is 3.66. The van der Waals surface area contributed by atoms with Crippen molar-refractivity contribution in [2.24, 2.45) is 0 Å². The van der Waals surface area contributed by atoms with E-state index in [1.165, 1.54) is 0 Å². The molecule has 19 heavy (non-hydrogen) atoms. The van der Waals surface area contributed by atoms with E-state index >= 15 is 0 Å². The van der Waals surface area contributed by atoms with Gasteiger partial charge in [-0.25, -0.2) is 0 Å². The van der Waals surface area contributed by atoms with E-state index in [9.17, 15) is 0 Å². The van der Waals surface area contributed by atoms with Crippen LogP contribution < -0.4 is 5.32 Å². The summed E-state index contributed by atoms with van der Waals surface area (Å²) in [6.45, 7) is 13.7. The largest absolute Gasteiger partial charge is 0.311 e. The molecule has 0 aromatic heterocycles. The molecule has 0 amide bonds. The van der Waals surface area contributed by atoms with E-state index in [0.29, 0.717) is 24.2 Å². The number of rotatable bonds is 0. The number of hydrogen-bond donors (Lipinski definition) is 1. The minimum atomic E-state index is 0.547. The Hall–Kier alpha value is -0.160. The van der Waals surface area contributed by atoms with Crippen LogP contribution in [-0.2, 0) is 0 Å². The molecule has 1 rings (SSSR count). The van der Waals surface area contributed by atoms with Crippen molar-refractivity contribution in [3.8, 4) is 0 Å². The van der Waals surface area contributed by atoms with Gasteiger partial charge in [0.25, 0.3) is 0 Å². The van der Waals surface area contributed by atoms with Gasteiger partial charge in [-0.1, -0.05) is 0 Å². The van der Waals surface area contributed by atoms with Gasteiger partial charge in [0.05, 0.1) is 0 Å². The molecular formula is C15H34N4. The molecule has 4 atom stereocenters. The van der Waals surface area contributed by atoms with E-state index in [0.717, 1.165) is 26.2 Å². The summed E-state index contributed by atoms with van der Waals surface area (Å²) in [6.07, 6.45) is 0. The van der Waals surface area contributed by atoms with Crippen LogP contribution in [0, 0.1) is 0 Å². The van der Waals surface area contributed by atoms with Crippen LogP contribution in [-0.4, -0.2) is 86.2 Å². The Bertz CT molecular complexity index is 259. The maximum Gasteiger partial charge on any atom is 0.0192 e. The topological polar surface area (TPSA) is 21.8 Å². The highest BCUT2D eigenvalue weighted by Gasteiger charge is 2.21. The van der Waals surface area contributed by atoms with Gasteiger partial charge in [0.2, 0.25) is 0 Å². The molecular weight excluding hydrogens is 236 g/mol. The lowest BCUT2D eigenvalue weighted by molar-refractivity contribution is 0.115. The zero-order valence-corrected chi connectivity index (χ0v) is 14.0. The van der Waals surface area contributed by atoms with Crippen LogP contribution in [0.15, 0.2) is 0 Å². The SMILES string of the molecule is CC1CN(C)C(C)CN(C)C(C)CN(C)C(C)CN1. The van der Waals surface area contributed by atoms with Gasteiger partial charge in [-0.15, -0.1) is 0 Å². The maximum atomic E-state index is 3.66. The third-order valence-electron chi connectivity index (χ3n) is 4.69. The molecule has 0 aromatic rings. The van der Waals surface area contributed by atoms with Gasteiger partial charge in [0, 0.05) is 50.3 Å². The lowest BCUT2D eigenvalue weighted by atomic mass is 10.1. The van der Waals surface area contributed by atoms with Crippen LogP contribution in [0.5, 0.6) is 0 Å². The summed E-state index contributed by atoms with van der Waals surface area (Å²) >= 11 is 0. The van der Waals surface area contributed by atoms with Gasteiger partial charge in [-0.05, 0) is 48.8 Å². The zero-order valence-electron chi connectivity index (χ0n) is 14.0. The number of likely N-dealkylation sites (N-methyl/N-ethyl adjacent to an activating group) is 3. The van der Waals surface area contributed by atoms with E-state index in [2.05, 4.69) is 68.9 Å². The fourth-order valence-corrected chi connectivity index (χ4v) is 2.68. The molecule has 0 saturated carbocycles. The van der Waals surface area contributed by atoms with Crippen molar-refractivity contribution >= 4 is 0 Å². The molecule has 0 radical (unpaired) electrons. The van der Waals surface area contributed by atoms with Crippen LogP contribution in [0.1, 0.15) is 27.7 Å². The van der Waals surface area contributed by atoms with E-state index in [-0.39, 0.29) is 0 Å². The molecule has 0 spiro atoms. The highest BCUT2D eigenvalue weighted by atomic mass is 15.3. The van der Waals surface area contributed by atoms with Crippen LogP contribution in [0.25, 0.3) is 0 Å². The number of hydrogen-bond acceptors (Lipinski definition) is 4. The van der Waals surface area contributed by atoms with Gasteiger partial charge in [-0.3, -0.25) is 0 Å². The second-order valence-electron chi connectivity index (χ2n) is 6.68.